The first-order valence-corrected chi connectivity index (χ1v) is 13.1. The lowest BCUT2D eigenvalue weighted by Crippen LogP contribution is -2.69. The Labute approximate surface area is 232 Å². The maximum atomic E-state index is 13.8. The molecule has 3 aromatic rings. The van der Waals surface area contributed by atoms with Crippen molar-refractivity contribution < 1.29 is 28.7 Å². The van der Waals surface area contributed by atoms with Gasteiger partial charge >= 0.3 is 18.1 Å². The third-order valence-corrected chi connectivity index (χ3v) is 6.61. The second-order valence-corrected chi connectivity index (χ2v) is 10.6. The van der Waals surface area contributed by atoms with Gasteiger partial charge in [0.05, 0.1) is 25.6 Å². The minimum absolute atomic E-state index is 0.0432. The van der Waals surface area contributed by atoms with E-state index in [1.807, 2.05) is 36.5 Å². The fraction of sp³-hybridized carbons (Fsp3) is 0.379. The van der Waals surface area contributed by atoms with Crippen LogP contribution in [0.2, 0.25) is 0 Å². The number of esters is 1. The van der Waals surface area contributed by atoms with E-state index in [9.17, 15) is 19.2 Å². The van der Waals surface area contributed by atoms with Crippen molar-refractivity contribution in [2.75, 3.05) is 19.0 Å². The standard InChI is InChI=1S/C29H35N5O6/c1-29(2,3)40-28(38)33-22(14-18-16-30-21-13-9-8-12-20(18)21)24-17-31-26(36)23(15-25(35)39-4)34(24)27(37)32-19-10-6-5-7-11-19/h5-13,16,22-24,30H,14-15,17H2,1-4H3,(H,31,36)(H,32,37)(H,33,38)/t22-,23-,24-/m0/s1. The summed E-state index contributed by atoms with van der Waals surface area (Å²) in [6.07, 6.45) is 1.15. The number of methoxy groups -OCH3 is 1. The maximum Gasteiger partial charge on any atom is 0.407 e. The molecule has 1 aromatic heterocycles. The van der Waals surface area contributed by atoms with Crippen LogP contribution in [0, 0.1) is 0 Å². The number of amides is 4. The van der Waals surface area contributed by atoms with E-state index in [2.05, 4.69) is 20.9 Å². The lowest BCUT2D eigenvalue weighted by Gasteiger charge is -2.44. The van der Waals surface area contributed by atoms with Crippen LogP contribution >= 0.6 is 0 Å². The number of benzene rings is 2. The molecule has 11 heteroatoms. The lowest BCUT2D eigenvalue weighted by atomic mass is 9.93. The number of fused-ring (bicyclic) bond motifs is 1. The highest BCUT2D eigenvalue weighted by Gasteiger charge is 2.45. The van der Waals surface area contributed by atoms with Crippen molar-refractivity contribution in [1.82, 2.24) is 20.5 Å². The van der Waals surface area contributed by atoms with Gasteiger partial charge in [0.2, 0.25) is 5.91 Å². The lowest BCUT2D eigenvalue weighted by molar-refractivity contribution is -0.145. The molecule has 0 unspecified atom stereocenters. The molecule has 0 radical (unpaired) electrons. The number of piperazine rings is 1. The number of aromatic nitrogens is 1. The van der Waals surface area contributed by atoms with Gasteiger partial charge in [0.25, 0.3) is 0 Å². The Balaban J connectivity index is 1.73. The van der Waals surface area contributed by atoms with Crippen LogP contribution in [0.1, 0.15) is 32.8 Å². The first-order chi connectivity index (χ1) is 19.1. The zero-order chi connectivity index (χ0) is 28.9. The molecule has 1 aliphatic rings. The summed E-state index contributed by atoms with van der Waals surface area (Å²) in [4.78, 5) is 56.7. The number of aromatic amines is 1. The second kappa shape index (κ2) is 12.1. The molecule has 0 bridgehead atoms. The normalized spacial score (nSPS) is 18.0. The quantitative estimate of drug-likeness (QED) is 0.332. The summed E-state index contributed by atoms with van der Waals surface area (Å²) in [5, 5.41) is 9.53. The van der Waals surface area contributed by atoms with Crippen molar-refractivity contribution in [1.29, 1.82) is 0 Å². The number of carbonyl (C=O) groups excluding carboxylic acids is 4. The molecule has 1 fully saturated rings. The maximum absolute atomic E-state index is 13.8. The number of nitrogens with zero attached hydrogens (tertiary/aromatic N) is 1. The molecular formula is C29H35N5O6. The van der Waals surface area contributed by atoms with E-state index in [4.69, 9.17) is 9.47 Å². The van der Waals surface area contributed by atoms with Gasteiger partial charge < -0.3 is 35.3 Å². The number of anilines is 1. The molecule has 3 atom stereocenters. The third-order valence-electron chi connectivity index (χ3n) is 6.61. The zero-order valence-corrected chi connectivity index (χ0v) is 23.0. The Morgan fingerprint density at radius 1 is 1.07 bits per heavy atom. The van der Waals surface area contributed by atoms with Gasteiger partial charge in [0.1, 0.15) is 11.6 Å². The van der Waals surface area contributed by atoms with Gasteiger partial charge in [-0.15, -0.1) is 0 Å². The number of H-pyrrole nitrogens is 1. The Hall–Kier alpha value is -4.54. The number of hydrogen-bond acceptors (Lipinski definition) is 6. The Bertz CT molecular complexity index is 1370. The van der Waals surface area contributed by atoms with E-state index >= 15 is 0 Å². The van der Waals surface area contributed by atoms with Gasteiger partial charge in [0.15, 0.2) is 0 Å². The van der Waals surface area contributed by atoms with Crippen molar-refractivity contribution in [2.45, 2.75) is 57.3 Å². The number of hydrogen-bond donors (Lipinski definition) is 4. The van der Waals surface area contributed by atoms with Crippen LogP contribution in [0.5, 0.6) is 0 Å². The SMILES string of the molecule is COC(=O)C[C@H]1C(=O)NC[C@@H]([C@H](Cc2c[nH]c3ccccc23)NC(=O)OC(C)(C)C)N1C(=O)Nc1ccccc1. The predicted octanol–water partition coefficient (Wildman–Crippen LogP) is 3.57. The zero-order valence-electron chi connectivity index (χ0n) is 23.0. The summed E-state index contributed by atoms with van der Waals surface area (Å²) in [5.41, 5.74) is 1.59. The summed E-state index contributed by atoms with van der Waals surface area (Å²) in [7, 11) is 1.22. The average Bonchev–Trinajstić information content (AvgIpc) is 3.31. The molecular weight excluding hydrogens is 514 g/mol. The number of urea groups is 1. The van der Waals surface area contributed by atoms with Gasteiger partial charge in [-0.2, -0.15) is 0 Å². The number of alkyl carbamates (subject to hydrolysis) is 1. The van der Waals surface area contributed by atoms with Crippen molar-refractivity contribution >= 4 is 40.6 Å². The van der Waals surface area contributed by atoms with E-state index in [-0.39, 0.29) is 13.0 Å². The van der Waals surface area contributed by atoms with Gasteiger partial charge in [0, 0.05) is 29.3 Å². The average molecular weight is 550 g/mol. The van der Waals surface area contributed by atoms with Crippen LogP contribution < -0.4 is 16.0 Å². The minimum Gasteiger partial charge on any atom is -0.469 e. The van der Waals surface area contributed by atoms with Gasteiger partial charge in [-0.05, 0) is 51.0 Å². The Kier molecular flexibility index (Phi) is 8.61. The van der Waals surface area contributed by atoms with Gasteiger partial charge in [-0.25, -0.2) is 9.59 Å². The number of ether oxygens (including phenoxy) is 2. The fourth-order valence-electron chi connectivity index (χ4n) is 4.83. The van der Waals surface area contributed by atoms with E-state index in [1.54, 1.807) is 45.0 Å². The number of para-hydroxylation sites is 2. The topological polar surface area (TPSA) is 142 Å². The minimum atomic E-state index is -1.17. The molecule has 0 aliphatic carbocycles. The van der Waals surface area contributed by atoms with E-state index < -0.39 is 47.7 Å². The second-order valence-electron chi connectivity index (χ2n) is 10.6. The molecule has 40 heavy (non-hydrogen) atoms. The van der Waals surface area contributed by atoms with Crippen LogP contribution in [0.4, 0.5) is 15.3 Å². The number of carbonyl (C=O) groups is 4. The van der Waals surface area contributed by atoms with E-state index in [0.29, 0.717) is 12.1 Å². The molecule has 0 spiro atoms. The van der Waals surface area contributed by atoms with Crippen molar-refractivity contribution in [3.05, 3.63) is 66.4 Å². The summed E-state index contributed by atoms with van der Waals surface area (Å²) in [6.45, 7) is 5.32. The molecule has 2 heterocycles. The van der Waals surface area contributed by atoms with Crippen LogP contribution in [-0.2, 0) is 25.5 Å². The number of nitrogens with one attached hydrogen (secondary N) is 4. The molecule has 0 saturated carbocycles. The van der Waals surface area contributed by atoms with Crippen LogP contribution in [0.25, 0.3) is 10.9 Å². The summed E-state index contributed by atoms with van der Waals surface area (Å²) in [5.74, 6) is -1.14. The van der Waals surface area contributed by atoms with Crippen molar-refractivity contribution in [2.24, 2.45) is 0 Å². The molecule has 1 saturated heterocycles. The largest absolute Gasteiger partial charge is 0.469 e. The summed E-state index contributed by atoms with van der Waals surface area (Å²) >= 11 is 0. The molecule has 4 rings (SSSR count). The molecule has 212 valence electrons. The molecule has 4 amide bonds. The van der Waals surface area contributed by atoms with Crippen molar-refractivity contribution in [3.8, 4) is 0 Å². The van der Waals surface area contributed by atoms with Gasteiger partial charge in [-0.1, -0.05) is 36.4 Å². The third kappa shape index (κ3) is 6.90. The predicted molar refractivity (Wildman–Crippen MR) is 150 cm³/mol. The van der Waals surface area contributed by atoms with Gasteiger partial charge in [-0.3, -0.25) is 9.59 Å². The highest BCUT2D eigenvalue weighted by atomic mass is 16.6. The summed E-state index contributed by atoms with van der Waals surface area (Å²) in [6, 6.07) is 13.3. The van der Waals surface area contributed by atoms with Crippen LogP contribution in [0.3, 0.4) is 0 Å². The highest BCUT2D eigenvalue weighted by Crippen LogP contribution is 2.25. The molecule has 2 aromatic carbocycles. The monoisotopic (exact) mass is 549 g/mol. The first-order valence-electron chi connectivity index (χ1n) is 13.1. The Morgan fingerprint density at radius 3 is 2.48 bits per heavy atom. The molecule has 1 aliphatic heterocycles. The van der Waals surface area contributed by atoms with Crippen LogP contribution in [-0.4, -0.2) is 71.3 Å². The fourth-order valence-corrected chi connectivity index (χ4v) is 4.83. The highest BCUT2D eigenvalue weighted by molar-refractivity contribution is 5.96. The van der Waals surface area contributed by atoms with Crippen molar-refractivity contribution in [3.63, 3.8) is 0 Å². The molecule has 4 N–H and O–H groups in total. The van der Waals surface area contributed by atoms with E-state index in [0.717, 1.165) is 16.5 Å². The Morgan fingerprint density at radius 2 is 1.77 bits per heavy atom. The first kappa shape index (κ1) is 28.5. The summed E-state index contributed by atoms with van der Waals surface area (Å²) < 4.78 is 10.4. The number of rotatable bonds is 7. The van der Waals surface area contributed by atoms with Crippen LogP contribution in [0.15, 0.2) is 60.8 Å². The van der Waals surface area contributed by atoms with E-state index in [1.165, 1.54) is 12.0 Å². The molecule has 11 nitrogen and oxygen atoms in total. The smallest absolute Gasteiger partial charge is 0.407 e.